The Morgan fingerprint density at radius 2 is 2.05 bits per heavy atom. The first kappa shape index (κ1) is 15.7. The number of hydrogen-bond acceptors (Lipinski definition) is 5. The number of aliphatic hydroxyl groups is 1. The fraction of sp³-hybridized carbons (Fsp3) is 0.778. The maximum absolute atomic E-state index is 11.7. The number of carbonyl (C=O) groups is 2. The van der Waals surface area contributed by atoms with Gasteiger partial charge in [0.1, 0.15) is 6.04 Å². The van der Waals surface area contributed by atoms with Crippen LogP contribution in [0.3, 0.4) is 0 Å². The molecule has 9 nitrogen and oxygen atoms in total. The van der Waals surface area contributed by atoms with Crippen molar-refractivity contribution in [3.05, 3.63) is 0 Å². The SMILES string of the molecule is CNS(=O)(=O)CCNC(=O)N1C[C@@H](O)C[C@H]1C(=O)O. The van der Waals surface area contributed by atoms with E-state index in [1.807, 2.05) is 0 Å². The van der Waals surface area contributed by atoms with E-state index in [-0.39, 0.29) is 25.3 Å². The van der Waals surface area contributed by atoms with E-state index < -0.39 is 34.2 Å². The summed E-state index contributed by atoms with van der Waals surface area (Å²) in [5.74, 6) is -1.50. The van der Waals surface area contributed by atoms with E-state index in [2.05, 4.69) is 10.0 Å². The van der Waals surface area contributed by atoms with Gasteiger partial charge in [0.15, 0.2) is 0 Å². The van der Waals surface area contributed by atoms with Crippen molar-refractivity contribution in [2.45, 2.75) is 18.6 Å². The quantitative estimate of drug-likeness (QED) is 0.453. The number of aliphatic carboxylic acids is 1. The fourth-order valence-electron chi connectivity index (χ4n) is 1.77. The number of nitrogens with zero attached hydrogens (tertiary/aromatic N) is 1. The van der Waals surface area contributed by atoms with Crippen LogP contribution >= 0.6 is 0 Å². The van der Waals surface area contributed by atoms with Crippen LogP contribution in [0.4, 0.5) is 4.79 Å². The van der Waals surface area contributed by atoms with Crippen LogP contribution in [0.25, 0.3) is 0 Å². The van der Waals surface area contributed by atoms with Crippen molar-refractivity contribution >= 4 is 22.0 Å². The third-order valence-electron chi connectivity index (χ3n) is 2.78. The van der Waals surface area contributed by atoms with Crippen LogP contribution in [0.15, 0.2) is 0 Å². The third-order valence-corrected chi connectivity index (χ3v) is 4.15. The summed E-state index contributed by atoms with van der Waals surface area (Å²) < 4.78 is 24.3. The molecule has 0 spiro atoms. The van der Waals surface area contributed by atoms with Crippen LogP contribution in [0.1, 0.15) is 6.42 Å². The third kappa shape index (κ3) is 4.33. The molecule has 110 valence electrons. The highest BCUT2D eigenvalue weighted by Crippen LogP contribution is 2.17. The highest BCUT2D eigenvalue weighted by atomic mass is 32.2. The second kappa shape index (κ2) is 6.17. The first-order valence-corrected chi connectivity index (χ1v) is 7.28. The summed E-state index contributed by atoms with van der Waals surface area (Å²) in [7, 11) is -2.17. The lowest BCUT2D eigenvalue weighted by atomic mass is 10.2. The van der Waals surface area contributed by atoms with Crippen molar-refractivity contribution in [3.8, 4) is 0 Å². The van der Waals surface area contributed by atoms with Gasteiger partial charge in [0.25, 0.3) is 0 Å². The highest BCUT2D eigenvalue weighted by Gasteiger charge is 2.38. The van der Waals surface area contributed by atoms with Gasteiger partial charge in [0.2, 0.25) is 10.0 Å². The molecule has 0 aromatic heterocycles. The molecule has 0 bridgehead atoms. The predicted molar refractivity (Wildman–Crippen MR) is 65.0 cm³/mol. The Labute approximate surface area is 110 Å². The van der Waals surface area contributed by atoms with Crippen LogP contribution in [-0.4, -0.2) is 73.6 Å². The zero-order valence-electron chi connectivity index (χ0n) is 10.4. The average Bonchev–Trinajstić information content (AvgIpc) is 2.71. The number of hydrogen-bond donors (Lipinski definition) is 4. The number of urea groups is 1. The van der Waals surface area contributed by atoms with E-state index in [0.29, 0.717) is 0 Å². The summed E-state index contributed by atoms with van der Waals surface area (Å²) >= 11 is 0. The van der Waals surface area contributed by atoms with Gasteiger partial charge in [0.05, 0.1) is 11.9 Å². The molecule has 2 amide bonds. The van der Waals surface area contributed by atoms with Gasteiger partial charge in [-0.25, -0.2) is 22.7 Å². The summed E-state index contributed by atoms with van der Waals surface area (Å²) in [5.41, 5.74) is 0. The van der Waals surface area contributed by atoms with E-state index in [0.717, 1.165) is 4.90 Å². The smallest absolute Gasteiger partial charge is 0.326 e. The van der Waals surface area contributed by atoms with Crippen molar-refractivity contribution in [3.63, 3.8) is 0 Å². The minimum atomic E-state index is -3.43. The molecule has 0 aliphatic carbocycles. The Kier molecular flexibility index (Phi) is 5.09. The molecule has 1 saturated heterocycles. The van der Waals surface area contributed by atoms with Gasteiger partial charge in [-0.3, -0.25) is 0 Å². The Morgan fingerprint density at radius 1 is 1.42 bits per heavy atom. The molecule has 0 aromatic rings. The molecule has 1 heterocycles. The molecule has 1 rings (SSSR count). The van der Waals surface area contributed by atoms with E-state index in [1.54, 1.807) is 0 Å². The van der Waals surface area contributed by atoms with Crippen molar-refractivity contribution in [1.29, 1.82) is 0 Å². The molecule has 0 radical (unpaired) electrons. The Morgan fingerprint density at radius 3 is 2.58 bits per heavy atom. The maximum Gasteiger partial charge on any atom is 0.326 e. The number of β-amino-alcohol motifs (C(OH)–C–C–N with tert-alkyl or cyclic N) is 1. The number of carboxylic acids is 1. The van der Waals surface area contributed by atoms with Crippen molar-refractivity contribution < 1.29 is 28.2 Å². The summed E-state index contributed by atoms with van der Waals surface area (Å²) in [6.07, 6.45) is -0.912. The first-order valence-electron chi connectivity index (χ1n) is 5.63. The molecule has 19 heavy (non-hydrogen) atoms. The monoisotopic (exact) mass is 295 g/mol. The van der Waals surface area contributed by atoms with Crippen LogP contribution in [0, 0.1) is 0 Å². The highest BCUT2D eigenvalue weighted by molar-refractivity contribution is 7.89. The fourth-order valence-corrected chi connectivity index (χ4v) is 2.34. The topological polar surface area (TPSA) is 136 Å². The van der Waals surface area contributed by atoms with Gasteiger partial charge in [-0.05, 0) is 7.05 Å². The van der Waals surface area contributed by atoms with Gasteiger partial charge in [0, 0.05) is 19.5 Å². The minimum absolute atomic E-state index is 0.0302. The summed E-state index contributed by atoms with van der Waals surface area (Å²) in [4.78, 5) is 23.6. The molecule has 10 heteroatoms. The normalized spacial score (nSPS) is 23.4. The Bertz CT molecular complexity index is 451. The second-order valence-corrected chi connectivity index (χ2v) is 6.20. The van der Waals surface area contributed by atoms with Crippen molar-refractivity contribution in [2.75, 3.05) is 25.9 Å². The van der Waals surface area contributed by atoms with Crippen molar-refractivity contribution in [1.82, 2.24) is 14.9 Å². The lowest BCUT2D eigenvalue weighted by molar-refractivity contribution is -0.141. The first-order chi connectivity index (χ1) is 8.76. The van der Waals surface area contributed by atoms with E-state index in [9.17, 15) is 23.1 Å². The summed E-state index contributed by atoms with van der Waals surface area (Å²) in [6.45, 7) is -0.220. The largest absolute Gasteiger partial charge is 0.480 e. The Hall–Kier alpha value is -1.39. The summed E-state index contributed by atoms with van der Waals surface area (Å²) in [6, 6.07) is -1.79. The number of aliphatic hydroxyl groups excluding tert-OH is 1. The van der Waals surface area contributed by atoms with Crippen LogP contribution in [0.5, 0.6) is 0 Å². The molecule has 4 N–H and O–H groups in total. The molecule has 1 aliphatic rings. The Balaban J connectivity index is 2.51. The number of carbonyl (C=O) groups excluding carboxylic acids is 1. The van der Waals surface area contributed by atoms with Crippen molar-refractivity contribution in [2.24, 2.45) is 0 Å². The van der Waals surface area contributed by atoms with Gasteiger partial charge in [-0.2, -0.15) is 0 Å². The predicted octanol–water partition coefficient (Wildman–Crippen LogP) is -2.23. The van der Waals surface area contributed by atoms with Gasteiger partial charge < -0.3 is 20.4 Å². The van der Waals surface area contributed by atoms with Crippen LogP contribution in [-0.2, 0) is 14.8 Å². The van der Waals surface area contributed by atoms with Gasteiger partial charge >= 0.3 is 12.0 Å². The molecule has 2 atom stereocenters. The molecule has 1 aliphatic heterocycles. The number of likely N-dealkylation sites (tertiary alicyclic amines) is 1. The number of rotatable bonds is 5. The zero-order chi connectivity index (χ0) is 14.6. The minimum Gasteiger partial charge on any atom is -0.480 e. The van der Waals surface area contributed by atoms with Crippen LogP contribution in [0.2, 0.25) is 0 Å². The standard InChI is InChI=1S/C9H17N3O6S/c1-10-19(17,18)3-2-11-9(16)12-5-6(13)4-7(12)8(14)15/h6-7,10,13H,2-5H2,1H3,(H,11,16)(H,14,15)/t6-,7-/m0/s1. The molecule has 1 fully saturated rings. The van der Waals surface area contributed by atoms with Gasteiger partial charge in [-0.1, -0.05) is 0 Å². The lowest BCUT2D eigenvalue weighted by Gasteiger charge is -2.21. The van der Waals surface area contributed by atoms with E-state index in [1.165, 1.54) is 7.05 Å². The number of sulfonamides is 1. The molecule has 0 saturated carbocycles. The number of carboxylic acid groups (broad SMARTS) is 1. The summed E-state index contributed by atoms with van der Waals surface area (Å²) in [5, 5.41) is 20.6. The molecule has 0 aromatic carbocycles. The maximum atomic E-state index is 11.7. The number of amides is 2. The number of nitrogens with one attached hydrogen (secondary N) is 2. The second-order valence-electron chi connectivity index (χ2n) is 4.15. The van der Waals surface area contributed by atoms with Gasteiger partial charge in [-0.15, -0.1) is 0 Å². The zero-order valence-corrected chi connectivity index (χ0v) is 11.2. The van der Waals surface area contributed by atoms with Crippen LogP contribution < -0.4 is 10.0 Å². The molecule has 0 unspecified atom stereocenters. The van der Waals surface area contributed by atoms with E-state index in [4.69, 9.17) is 5.11 Å². The molecular formula is C9H17N3O6S. The average molecular weight is 295 g/mol. The van der Waals surface area contributed by atoms with E-state index >= 15 is 0 Å². The lowest BCUT2D eigenvalue weighted by Crippen LogP contribution is -2.47. The molecular weight excluding hydrogens is 278 g/mol.